The highest BCUT2D eigenvalue weighted by Crippen LogP contribution is 2.27. The van der Waals surface area contributed by atoms with E-state index in [0.29, 0.717) is 18.1 Å². The SMILES string of the molecule is CCOc1cc(C=NO)ccc1OC. The van der Waals surface area contributed by atoms with Crippen molar-refractivity contribution in [2.45, 2.75) is 6.92 Å². The van der Waals surface area contributed by atoms with E-state index in [1.54, 1.807) is 25.3 Å². The van der Waals surface area contributed by atoms with E-state index in [0.717, 1.165) is 5.56 Å². The lowest BCUT2D eigenvalue weighted by atomic mass is 10.2. The third-order valence-electron chi connectivity index (χ3n) is 1.69. The molecule has 0 saturated heterocycles. The van der Waals surface area contributed by atoms with Gasteiger partial charge >= 0.3 is 0 Å². The lowest BCUT2D eigenvalue weighted by molar-refractivity contribution is 0.310. The Morgan fingerprint density at radius 3 is 2.79 bits per heavy atom. The molecule has 0 saturated carbocycles. The van der Waals surface area contributed by atoms with Gasteiger partial charge in [0, 0.05) is 5.56 Å². The van der Waals surface area contributed by atoms with E-state index in [-0.39, 0.29) is 0 Å². The quantitative estimate of drug-likeness (QED) is 0.453. The van der Waals surface area contributed by atoms with Crippen molar-refractivity contribution in [1.29, 1.82) is 0 Å². The van der Waals surface area contributed by atoms with Crippen LogP contribution in [0.15, 0.2) is 23.4 Å². The van der Waals surface area contributed by atoms with Crippen molar-refractivity contribution in [3.8, 4) is 11.5 Å². The Kier molecular flexibility index (Phi) is 3.79. The van der Waals surface area contributed by atoms with Gasteiger partial charge < -0.3 is 14.7 Å². The van der Waals surface area contributed by atoms with Crippen LogP contribution in [0.5, 0.6) is 11.5 Å². The third-order valence-corrected chi connectivity index (χ3v) is 1.69. The van der Waals surface area contributed by atoms with Crippen molar-refractivity contribution < 1.29 is 14.7 Å². The molecular weight excluding hydrogens is 182 g/mol. The van der Waals surface area contributed by atoms with E-state index in [9.17, 15) is 0 Å². The van der Waals surface area contributed by atoms with Crippen LogP contribution < -0.4 is 9.47 Å². The fourth-order valence-electron chi connectivity index (χ4n) is 1.11. The molecule has 4 nitrogen and oxygen atoms in total. The zero-order valence-electron chi connectivity index (χ0n) is 8.23. The molecule has 0 heterocycles. The second-order valence-electron chi connectivity index (χ2n) is 2.59. The van der Waals surface area contributed by atoms with Crippen LogP contribution in [0.3, 0.4) is 0 Å². The molecule has 0 spiro atoms. The molecule has 0 amide bonds. The monoisotopic (exact) mass is 195 g/mol. The maximum absolute atomic E-state index is 8.36. The van der Waals surface area contributed by atoms with E-state index in [4.69, 9.17) is 14.7 Å². The Bertz CT molecular complexity index is 323. The highest BCUT2D eigenvalue weighted by Gasteiger charge is 2.03. The molecule has 76 valence electrons. The predicted octanol–water partition coefficient (Wildman–Crippen LogP) is 1.90. The summed E-state index contributed by atoms with van der Waals surface area (Å²) in [6.07, 6.45) is 1.34. The molecule has 0 fully saturated rings. The first-order valence-corrected chi connectivity index (χ1v) is 4.30. The Hall–Kier alpha value is -1.71. The number of rotatable bonds is 4. The zero-order valence-corrected chi connectivity index (χ0v) is 8.23. The second kappa shape index (κ2) is 5.11. The topological polar surface area (TPSA) is 51.0 Å². The molecule has 0 aliphatic carbocycles. The van der Waals surface area contributed by atoms with Crippen molar-refractivity contribution in [3.63, 3.8) is 0 Å². The number of hydrogen-bond donors (Lipinski definition) is 1. The van der Waals surface area contributed by atoms with Crippen molar-refractivity contribution in [2.24, 2.45) is 5.16 Å². The summed E-state index contributed by atoms with van der Waals surface area (Å²) >= 11 is 0. The van der Waals surface area contributed by atoms with Crippen LogP contribution in [0.4, 0.5) is 0 Å². The van der Waals surface area contributed by atoms with Gasteiger partial charge in [0.1, 0.15) is 0 Å². The Balaban J connectivity index is 3.00. The maximum Gasteiger partial charge on any atom is 0.161 e. The lowest BCUT2D eigenvalue weighted by Gasteiger charge is -2.09. The summed E-state index contributed by atoms with van der Waals surface area (Å²) in [6, 6.07) is 5.30. The molecule has 0 atom stereocenters. The number of nitrogens with zero attached hydrogens (tertiary/aromatic N) is 1. The van der Waals surface area contributed by atoms with Gasteiger partial charge in [-0.2, -0.15) is 0 Å². The van der Waals surface area contributed by atoms with Crippen LogP contribution in [-0.4, -0.2) is 25.1 Å². The summed E-state index contributed by atoms with van der Waals surface area (Å²) in [6.45, 7) is 2.46. The third kappa shape index (κ3) is 2.39. The van der Waals surface area contributed by atoms with Crippen molar-refractivity contribution in [3.05, 3.63) is 23.8 Å². The van der Waals surface area contributed by atoms with E-state index in [2.05, 4.69) is 5.16 Å². The van der Waals surface area contributed by atoms with Crippen molar-refractivity contribution in [2.75, 3.05) is 13.7 Å². The van der Waals surface area contributed by atoms with Gasteiger partial charge in [-0.05, 0) is 25.1 Å². The average Bonchev–Trinajstić information content (AvgIpc) is 2.19. The van der Waals surface area contributed by atoms with Crippen LogP contribution in [0.2, 0.25) is 0 Å². The minimum absolute atomic E-state index is 0.566. The minimum atomic E-state index is 0.566. The molecule has 0 radical (unpaired) electrons. The first kappa shape index (κ1) is 10.4. The molecule has 1 aromatic carbocycles. The van der Waals surface area contributed by atoms with Gasteiger partial charge in [-0.25, -0.2) is 0 Å². The van der Waals surface area contributed by atoms with Gasteiger partial charge in [-0.1, -0.05) is 5.16 Å². The van der Waals surface area contributed by atoms with E-state index in [1.165, 1.54) is 6.21 Å². The molecule has 0 aliphatic heterocycles. The maximum atomic E-state index is 8.36. The Morgan fingerprint density at radius 2 is 2.21 bits per heavy atom. The molecule has 0 aromatic heterocycles. The molecule has 1 rings (SSSR count). The van der Waals surface area contributed by atoms with Gasteiger partial charge in [0.2, 0.25) is 0 Å². The van der Waals surface area contributed by atoms with Gasteiger partial charge in [-0.15, -0.1) is 0 Å². The molecule has 1 aromatic rings. The summed E-state index contributed by atoms with van der Waals surface area (Å²) in [7, 11) is 1.58. The number of benzene rings is 1. The van der Waals surface area contributed by atoms with Crippen LogP contribution in [0, 0.1) is 0 Å². The lowest BCUT2D eigenvalue weighted by Crippen LogP contribution is -1.96. The van der Waals surface area contributed by atoms with Gasteiger partial charge in [0.25, 0.3) is 0 Å². The fraction of sp³-hybridized carbons (Fsp3) is 0.300. The van der Waals surface area contributed by atoms with Crippen LogP contribution in [0.25, 0.3) is 0 Å². The van der Waals surface area contributed by atoms with E-state index in [1.807, 2.05) is 6.92 Å². The normalized spacial score (nSPS) is 10.4. The first-order chi connectivity index (χ1) is 6.81. The molecule has 14 heavy (non-hydrogen) atoms. The highest BCUT2D eigenvalue weighted by atomic mass is 16.5. The molecule has 0 aliphatic rings. The molecular formula is C10H13NO3. The second-order valence-corrected chi connectivity index (χ2v) is 2.59. The number of hydrogen-bond acceptors (Lipinski definition) is 4. The largest absolute Gasteiger partial charge is 0.493 e. The number of ether oxygens (including phenoxy) is 2. The molecule has 4 heteroatoms. The van der Waals surface area contributed by atoms with Gasteiger partial charge in [-0.3, -0.25) is 0 Å². The molecule has 1 N–H and O–H groups in total. The minimum Gasteiger partial charge on any atom is -0.493 e. The average molecular weight is 195 g/mol. The summed E-state index contributed by atoms with van der Waals surface area (Å²) in [5.74, 6) is 1.31. The summed E-state index contributed by atoms with van der Waals surface area (Å²) in [4.78, 5) is 0. The zero-order chi connectivity index (χ0) is 10.4. The molecule has 0 bridgehead atoms. The van der Waals surface area contributed by atoms with Gasteiger partial charge in [0.05, 0.1) is 19.9 Å². The predicted molar refractivity (Wildman–Crippen MR) is 53.5 cm³/mol. The van der Waals surface area contributed by atoms with E-state index >= 15 is 0 Å². The fourth-order valence-corrected chi connectivity index (χ4v) is 1.11. The van der Waals surface area contributed by atoms with Gasteiger partial charge in [0.15, 0.2) is 11.5 Å². The highest BCUT2D eigenvalue weighted by molar-refractivity contribution is 5.80. The van der Waals surface area contributed by atoms with Crippen LogP contribution in [-0.2, 0) is 0 Å². The first-order valence-electron chi connectivity index (χ1n) is 4.30. The smallest absolute Gasteiger partial charge is 0.161 e. The van der Waals surface area contributed by atoms with Crippen molar-refractivity contribution >= 4 is 6.21 Å². The number of methoxy groups -OCH3 is 1. The summed E-state index contributed by atoms with van der Waals surface area (Å²) in [5, 5.41) is 11.3. The summed E-state index contributed by atoms with van der Waals surface area (Å²) in [5.41, 5.74) is 0.761. The van der Waals surface area contributed by atoms with E-state index < -0.39 is 0 Å². The standard InChI is InChI=1S/C10H13NO3/c1-3-14-10-6-8(7-11-12)4-5-9(10)13-2/h4-7,12H,3H2,1-2H3. The van der Waals surface area contributed by atoms with Crippen molar-refractivity contribution in [1.82, 2.24) is 0 Å². The van der Waals surface area contributed by atoms with Crippen LogP contribution in [0.1, 0.15) is 12.5 Å². The Morgan fingerprint density at radius 1 is 1.43 bits per heavy atom. The summed E-state index contributed by atoms with van der Waals surface area (Å²) < 4.78 is 10.4. The van der Waals surface area contributed by atoms with Crippen LogP contribution >= 0.6 is 0 Å². The Labute approximate surface area is 82.8 Å². The number of oxime groups is 1. The molecule has 0 unspecified atom stereocenters.